The number of benzene rings is 3. The number of phenolic OH excluding ortho intramolecular Hbond substituents is 1. The third-order valence-corrected chi connectivity index (χ3v) is 5.28. The lowest BCUT2D eigenvalue weighted by atomic mass is 10.0. The van der Waals surface area contributed by atoms with Crippen molar-refractivity contribution in [3.8, 4) is 5.75 Å². The third kappa shape index (κ3) is 3.60. The summed E-state index contributed by atoms with van der Waals surface area (Å²) in [6, 6.07) is 14.2. The van der Waals surface area contributed by atoms with E-state index >= 15 is 0 Å². The van der Waals surface area contributed by atoms with Gasteiger partial charge in [-0.2, -0.15) is 0 Å². The number of rotatable bonds is 3. The van der Waals surface area contributed by atoms with Gasteiger partial charge in [-0.15, -0.1) is 0 Å². The van der Waals surface area contributed by atoms with Crippen LogP contribution in [0.5, 0.6) is 5.75 Å². The number of amides is 1. The quantitative estimate of drug-likeness (QED) is 0.728. The molecule has 5 nitrogen and oxygen atoms in total. The number of anilines is 1. The third-order valence-electron chi connectivity index (χ3n) is 3.70. The van der Waals surface area contributed by atoms with Crippen LogP contribution in [-0.4, -0.2) is 25.7 Å². The van der Waals surface area contributed by atoms with Crippen LogP contribution in [0, 0.1) is 0 Å². The van der Waals surface area contributed by atoms with Crippen molar-refractivity contribution in [2.45, 2.75) is 4.90 Å². The lowest BCUT2D eigenvalue weighted by Crippen LogP contribution is -2.13. The van der Waals surface area contributed by atoms with Crippen molar-refractivity contribution in [3.63, 3.8) is 0 Å². The van der Waals surface area contributed by atoms with Gasteiger partial charge in [0.2, 0.25) is 0 Å². The summed E-state index contributed by atoms with van der Waals surface area (Å²) in [6.45, 7) is 0. The molecule has 0 aliphatic carbocycles. The lowest BCUT2D eigenvalue weighted by molar-refractivity contribution is 0.102. The van der Waals surface area contributed by atoms with Gasteiger partial charge in [-0.05, 0) is 53.2 Å². The van der Waals surface area contributed by atoms with Crippen molar-refractivity contribution in [3.05, 3.63) is 65.2 Å². The number of carbonyl (C=O) groups excluding carboxylic acids is 1. The monoisotopic (exact) mass is 375 g/mol. The van der Waals surface area contributed by atoms with Crippen LogP contribution in [0.4, 0.5) is 5.69 Å². The van der Waals surface area contributed by atoms with Crippen LogP contribution in [-0.2, 0) is 9.84 Å². The van der Waals surface area contributed by atoms with Gasteiger partial charge in [0.05, 0.1) is 9.92 Å². The molecule has 0 saturated heterocycles. The molecule has 0 heterocycles. The first-order valence-corrected chi connectivity index (χ1v) is 9.55. The molecule has 0 aromatic heterocycles. The first-order chi connectivity index (χ1) is 11.8. The molecule has 0 spiro atoms. The Morgan fingerprint density at radius 2 is 1.84 bits per heavy atom. The van der Waals surface area contributed by atoms with E-state index in [4.69, 9.17) is 11.6 Å². The summed E-state index contributed by atoms with van der Waals surface area (Å²) >= 11 is 5.91. The zero-order valence-electron chi connectivity index (χ0n) is 13.2. The summed E-state index contributed by atoms with van der Waals surface area (Å²) in [7, 11) is -3.51. The predicted octanol–water partition coefficient (Wildman–Crippen LogP) is 3.85. The zero-order chi connectivity index (χ0) is 18.2. The SMILES string of the molecule is CS(=O)(=O)c1cc(NC(=O)c2cccc3cc(O)ccc23)ccc1Cl. The molecular weight excluding hydrogens is 362 g/mol. The molecule has 2 N–H and O–H groups in total. The highest BCUT2D eigenvalue weighted by atomic mass is 35.5. The minimum absolute atomic E-state index is 0.0465. The summed E-state index contributed by atoms with van der Waals surface area (Å²) < 4.78 is 23.5. The van der Waals surface area contributed by atoms with Crippen LogP contribution >= 0.6 is 11.6 Å². The fourth-order valence-corrected chi connectivity index (χ4v) is 3.83. The maximum Gasteiger partial charge on any atom is 0.256 e. The Labute approximate surface area is 149 Å². The van der Waals surface area contributed by atoms with E-state index in [1.54, 1.807) is 30.3 Å². The van der Waals surface area contributed by atoms with Crippen LogP contribution in [0.2, 0.25) is 5.02 Å². The van der Waals surface area contributed by atoms with Crippen molar-refractivity contribution in [2.24, 2.45) is 0 Å². The smallest absolute Gasteiger partial charge is 0.256 e. The molecule has 0 unspecified atom stereocenters. The molecule has 3 rings (SSSR count). The Balaban J connectivity index is 1.99. The Kier molecular flexibility index (Phi) is 4.41. The van der Waals surface area contributed by atoms with Gasteiger partial charge >= 0.3 is 0 Å². The van der Waals surface area contributed by atoms with E-state index in [2.05, 4.69) is 5.32 Å². The molecule has 7 heteroatoms. The highest BCUT2D eigenvalue weighted by Crippen LogP contribution is 2.27. The molecule has 0 radical (unpaired) electrons. The summed E-state index contributed by atoms with van der Waals surface area (Å²) in [5.41, 5.74) is 0.735. The number of carbonyl (C=O) groups is 1. The summed E-state index contributed by atoms with van der Waals surface area (Å²) in [5.74, 6) is -0.279. The average Bonchev–Trinajstić information content (AvgIpc) is 2.54. The van der Waals surface area contributed by atoms with Crippen LogP contribution in [0.1, 0.15) is 10.4 Å². The maximum atomic E-state index is 12.6. The highest BCUT2D eigenvalue weighted by Gasteiger charge is 2.15. The number of halogens is 1. The zero-order valence-corrected chi connectivity index (χ0v) is 14.7. The maximum absolute atomic E-state index is 12.6. The van der Waals surface area contributed by atoms with Gasteiger partial charge in [-0.25, -0.2) is 8.42 Å². The molecule has 3 aromatic rings. The van der Waals surface area contributed by atoms with Gasteiger partial charge in [0, 0.05) is 17.5 Å². The molecule has 0 fully saturated rings. The largest absolute Gasteiger partial charge is 0.508 e. The van der Waals surface area contributed by atoms with Crippen molar-refractivity contribution in [1.82, 2.24) is 0 Å². The van der Waals surface area contributed by atoms with Crippen LogP contribution in [0.15, 0.2) is 59.5 Å². The number of nitrogens with one attached hydrogen (secondary N) is 1. The number of hydrogen-bond acceptors (Lipinski definition) is 4. The second-order valence-corrected chi connectivity index (χ2v) is 7.97. The van der Waals surface area contributed by atoms with Crippen LogP contribution in [0.25, 0.3) is 10.8 Å². The number of sulfone groups is 1. The van der Waals surface area contributed by atoms with Gasteiger partial charge in [0.1, 0.15) is 5.75 Å². The molecule has 25 heavy (non-hydrogen) atoms. The highest BCUT2D eigenvalue weighted by molar-refractivity contribution is 7.90. The van der Waals surface area contributed by atoms with E-state index in [-0.39, 0.29) is 15.7 Å². The summed E-state index contributed by atoms with van der Waals surface area (Å²) in [4.78, 5) is 12.6. The molecule has 0 aliphatic heterocycles. The average molecular weight is 376 g/mol. The van der Waals surface area contributed by atoms with Crippen molar-refractivity contribution >= 4 is 43.8 Å². The van der Waals surface area contributed by atoms with Gasteiger partial charge < -0.3 is 10.4 Å². The van der Waals surface area contributed by atoms with Gasteiger partial charge in [-0.3, -0.25) is 4.79 Å². The Morgan fingerprint density at radius 1 is 1.08 bits per heavy atom. The predicted molar refractivity (Wildman–Crippen MR) is 98.1 cm³/mol. The van der Waals surface area contributed by atoms with E-state index in [9.17, 15) is 18.3 Å². The fraction of sp³-hybridized carbons (Fsp3) is 0.0556. The van der Waals surface area contributed by atoms with E-state index in [1.807, 2.05) is 0 Å². The molecule has 0 bridgehead atoms. The topological polar surface area (TPSA) is 83.5 Å². The van der Waals surface area contributed by atoms with Crippen molar-refractivity contribution < 1.29 is 18.3 Å². The molecule has 0 saturated carbocycles. The van der Waals surface area contributed by atoms with E-state index in [0.717, 1.165) is 11.6 Å². The van der Waals surface area contributed by atoms with Gasteiger partial charge in [0.25, 0.3) is 5.91 Å². The van der Waals surface area contributed by atoms with Crippen LogP contribution < -0.4 is 5.32 Å². The standard InChI is InChI=1S/C18H14ClNO4S/c1-25(23,24)17-10-12(5-8-16(17)19)20-18(22)15-4-2-3-11-9-13(21)6-7-14(11)15/h2-10,21H,1H3,(H,20,22). The van der Waals surface area contributed by atoms with Crippen LogP contribution in [0.3, 0.4) is 0 Å². The molecule has 128 valence electrons. The second-order valence-electron chi connectivity index (χ2n) is 5.58. The number of fused-ring (bicyclic) bond motifs is 1. The van der Waals surface area contributed by atoms with E-state index < -0.39 is 15.7 Å². The number of aromatic hydroxyl groups is 1. The Hall–Kier alpha value is -2.57. The molecule has 0 atom stereocenters. The molecule has 0 aliphatic rings. The fourth-order valence-electron chi connectivity index (χ4n) is 2.53. The van der Waals surface area contributed by atoms with E-state index in [1.165, 1.54) is 24.3 Å². The Morgan fingerprint density at radius 3 is 2.56 bits per heavy atom. The van der Waals surface area contributed by atoms with E-state index in [0.29, 0.717) is 16.6 Å². The van der Waals surface area contributed by atoms with Crippen molar-refractivity contribution in [2.75, 3.05) is 11.6 Å². The van der Waals surface area contributed by atoms with Crippen molar-refractivity contribution in [1.29, 1.82) is 0 Å². The lowest BCUT2D eigenvalue weighted by Gasteiger charge is -2.10. The first kappa shape index (κ1) is 17.3. The number of hydrogen-bond donors (Lipinski definition) is 2. The molecule has 3 aromatic carbocycles. The minimum Gasteiger partial charge on any atom is -0.508 e. The van der Waals surface area contributed by atoms with Gasteiger partial charge in [0.15, 0.2) is 9.84 Å². The number of phenols is 1. The Bertz CT molecular complexity index is 1090. The minimum atomic E-state index is -3.51. The molecular formula is C18H14ClNO4S. The molecule has 1 amide bonds. The summed E-state index contributed by atoms with van der Waals surface area (Å²) in [6.07, 6.45) is 1.05. The normalized spacial score (nSPS) is 11.4. The second kappa shape index (κ2) is 6.38. The van der Waals surface area contributed by atoms with Gasteiger partial charge in [-0.1, -0.05) is 23.7 Å². The summed E-state index contributed by atoms with van der Waals surface area (Å²) in [5, 5.41) is 13.7. The first-order valence-electron chi connectivity index (χ1n) is 7.28.